The number of hydrogen-bond donors (Lipinski definition) is 2. The van der Waals surface area contributed by atoms with E-state index >= 15 is 0 Å². The number of nitrogens with zero attached hydrogens (tertiary/aromatic N) is 2. The minimum atomic E-state index is 0.540. The Morgan fingerprint density at radius 2 is 1.58 bits per heavy atom. The van der Waals surface area contributed by atoms with Crippen molar-refractivity contribution in [2.24, 2.45) is 0 Å². The Balaban J connectivity index is 1.58. The predicted molar refractivity (Wildman–Crippen MR) is 105 cm³/mol. The third-order valence-electron chi connectivity index (χ3n) is 5.66. The van der Waals surface area contributed by atoms with Gasteiger partial charge in [-0.2, -0.15) is 0 Å². The van der Waals surface area contributed by atoms with Crippen LogP contribution in [0, 0.1) is 6.92 Å². The van der Waals surface area contributed by atoms with E-state index in [0.717, 1.165) is 22.8 Å². The topological polar surface area (TPSA) is 63.0 Å². The SMILES string of the molecule is Cc1coc(-c2cnc(NC3CCCCC3)c(NC3CCCCC3)c2)n1. The van der Waals surface area contributed by atoms with E-state index in [2.05, 4.69) is 21.7 Å². The molecule has 5 heteroatoms. The van der Waals surface area contributed by atoms with Crippen LogP contribution in [0.3, 0.4) is 0 Å². The average Bonchev–Trinajstić information content (AvgIpc) is 3.11. The summed E-state index contributed by atoms with van der Waals surface area (Å²) in [6.45, 7) is 1.95. The molecular weight excluding hydrogens is 324 g/mol. The highest BCUT2D eigenvalue weighted by Crippen LogP contribution is 2.31. The van der Waals surface area contributed by atoms with Gasteiger partial charge in [0.2, 0.25) is 5.89 Å². The summed E-state index contributed by atoms with van der Waals surface area (Å²) < 4.78 is 5.59. The second kappa shape index (κ2) is 8.11. The molecule has 5 nitrogen and oxygen atoms in total. The van der Waals surface area contributed by atoms with Crippen molar-refractivity contribution in [3.63, 3.8) is 0 Å². The Labute approximate surface area is 156 Å². The normalized spacial score (nSPS) is 19.4. The summed E-state index contributed by atoms with van der Waals surface area (Å²) in [6, 6.07) is 3.23. The van der Waals surface area contributed by atoms with Crippen molar-refractivity contribution >= 4 is 11.5 Å². The standard InChI is InChI=1S/C21H30N4O/c1-15-14-26-21(23-15)16-12-19(24-17-8-4-2-5-9-17)20(22-13-16)25-18-10-6-3-7-11-18/h12-14,17-18,24H,2-11H2,1H3,(H,22,25). The predicted octanol–water partition coefficient (Wildman–Crippen LogP) is 5.53. The van der Waals surface area contributed by atoms with Gasteiger partial charge < -0.3 is 15.1 Å². The number of hydrogen-bond acceptors (Lipinski definition) is 5. The van der Waals surface area contributed by atoms with Crippen LogP contribution in [0.1, 0.15) is 69.9 Å². The zero-order valence-electron chi connectivity index (χ0n) is 15.8. The number of aryl methyl sites for hydroxylation is 1. The molecule has 0 saturated heterocycles. The molecular formula is C21H30N4O. The Morgan fingerprint density at radius 3 is 2.19 bits per heavy atom. The van der Waals surface area contributed by atoms with Crippen molar-refractivity contribution in [1.82, 2.24) is 9.97 Å². The maximum Gasteiger partial charge on any atom is 0.227 e. The van der Waals surface area contributed by atoms with Crippen molar-refractivity contribution in [2.75, 3.05) is 10.6 Å². The number of oxazole rings is 1. The van der Waals surface area contributed by atoms with Gasteiger partial charge in [-0.15, -0.1) is 0 Å². The van der Waals surface area contributed by atoms with Gasteiger partial charge in [0.25, 0.3) is 0 Å². The summed E-state index contributed by atoms with van der Waals surface area (Å²) in [7, 11) is 0. The van der Waals surface area contributed by atoms with Crippen LogP contribution in [-0.4, -0.2) is 22.1 Å². The van der Waals surface area contributed by atoms with Crippen molar-refractivity contribution in [2.45, 2.75) is 83.2 Å². The molecule has 4 rings (SSSR count). The van der Waals surface area contributed by atoms with Gasteiger partial charge in [0.05, 0.1) is 16.9 Å². The van der Waals surface area contributed by atoms with E-state index in [1.165, 1.54) is 64.2 Å². The van der Waals surface area contributed by atoms with Gasteiger partial charge in [-0.25, -0.2) is 9.97 Å². The smallest absolute Gasteiger partial charge is 0.227 e. The van der Waals surface area contributed by atoms with Gasteiger partial charge in [-0.05, 0) is 38.7 Å². The van der Waals surface area contributed by atoms with Gasteiger partial charge in [-0.1, -0.05) is 38.5 Å². The van der Waals surface area contributed by atoms with Crippen LogP contribution in [0.4, 0.5) is 11.5 Å². The third-order valence-corrected chi connectivity index (χ3v) is 5.66. The molecule has 0 radical (unpaired) electrons. The van der Waals surface area contributed by atoms with Crippen LogP contribution >= 0.6 is 0 Å². The first-order chi connectivity index (χ1) is 12.8. The first-order valence-corrected chi connectivity index (χ1v) is 10.2. The lowest BCUT2D eigenvalue weighted by Gasteiger charge is -2.28. The maximum atomic E-state index is 5.59. The summed E-state index contributed by atoms with van der Waals surface area (Å²) in [6.07, 6.45) is 16.5. The van der Waals surface area contributed by atoms with Crippen molar-refractivity contribution < 1.29 is 4.42 Å². The van der Waals surface area contributed by atoms with Crippen molar-refractivity contribution in [3.8, 4) is 11.5 Å². The highest BCUT2D eigenvalue weighted by Gasteiger charge is 2.19. The van der Waals surface area contributed by atoms with E-state index in [1.807, 2.05) is 13.1 Å². The first-order valence-electron chi connectivity index (χ1n) is 10.2. The van der Waals surface area contributed by atoms with E-state index in [4.69, 9.17) is 9.40 Å². The summed E-state index contributed by atoms with van der Waals surface area (Å²) in [5.41, 5.74) is 2.92. The molecule has 2 heterocycles. The highest BCUT2D eigenvalue weighted by molar-refractivity contribution is 5.71. The maximum absolute atomic E-state index is 5.59. The van der Waals surface area contributed by atoms with Crippen LogP contribution in [-0.2, 0) is 0 Å². The lowest BCUT2D eigenvalue weighted by Crippen LogP contribution is -2.26. The highest BCUT2D eigenvalue weighted by atomic mass is 16.3. The average molecular weight is 354 g/mol. The number of aromatic nitrogens is 2. The zero-order chi connectivity index (χ0) is 17.8. The molecule has 26 heavy (non-hydrogen) atoms. The van der Waals surface area contributed by atoms with Gasteiger partial charge in [0.1, 0.15) is 12.1 Å². The van der Waals surface area contributed by atoms with Gasteiger partial charge in [0, 0.05) is 18.3 Å². The molecule has 0 bridgehead atoms. The Kier molecular flexibility index (Phi) is 5.42. The number of pyridine rings is 1. The number of anilines is 2. The van der Waals surface area contributed by atoms with Gasteiger partial charge >= 0.3 is 0 Å². The number of nitrogens with one attached hydrogen (secondary N) is 2. The molecule has 2 aliphatic rings. The van der Waals surface area contributed by atoms with E-state index in [-0.39, 0.29) is 0 Å². The van der Waals surface area contributed by atoms with Crippen LogP contribution < -0.4 is 10.6 Å². The van der Waals surface area contributed by atoms with E-state index < -0.39 is 0 Å². The van der Waals surface area contributed by atoms with Crippen molar-refractivity contribution in [1.29, 1.82) is 0 Å². The van der Waals surface area contributed by atoms with E-state index in [0.29, 0.717) is 18.0 Å². The van der Waals surface area contributed by atoms with E-state index in [1.54, 1.807) is 6.26 Å². The third kappa shape index (κ3) is 4.19. The molecule has 0 amide bonds. The largest absolute Gasteiger partial charge is 0.444 e. The van der Waals surface area contributed by atoms with Crippen molar-refractivity contribution in [3.05, 3.63) is 24.2 Å². The summed E-state index contributed by atoms with van der Waals surface area (Å²) >= 11 is 0. The quantitative estimate of drug-likeness (QED) is 0.738. The monoisotopic (exact) mass is 354 g/mol. The number of rotatable bonds is 5. The van der Waals surface area contributed by atoms with Crippen LogP contribution in [0.15, 0.2) is 22.9 Å². The molecule has 0 aliphatic heterocycles. The lowest BCUT2D eigenvalue weighted by atomic mass is 9.95. The lowest BCUT2D eigenvalue weighted by molar-refractivity contribution is 0.459. The molecule has 2 N–H and O–H groups in total. The molecule has 2 aromatic rings. The Morgan fingerprint density at radius 1 is 0.923 bits per heavy atom. The Hall–Kier alpha value is -2.04. The molecule has 2 fully saturated rings. The van der Waals surface area contributed by atoms with Gasteiger partial charge in [-0.3, -0.25) is 0 Å². The second-order valence-electron chi connectivity index (χ2n) is 7.87. The summed E-state index contributed by atoms with van der Waals surface area (Å²) in [5, 5.41) is 7.46. The molecule has 2 aliphatic carbocycles. The zero-order valence-corrected chi connectivity index (χ0v) is 15.8. The first kappa shape index (κ1) is 17.4. The molecule has 0 aromatic carbocycles. The Bertz CT molecular complexity index is 715. The van der Waals surface area contributed by atoms with Crippen LogP contribution in [0.25, 0.3) is 11.5 Å². The van der Waals surface area contributed by atoms with Gasteiger partial charge in [0.15, 0.2) is 0 Å². The summed E-state index contributed by atoms with van der Waals surface area (Å²) in [4.78, 5) is 9.21. The second-order valence-corrected chi connectivity index (χ2v) is 7.87. The molecule has 2 saturated carbocycles. The minimum absolute atomic E-state index is 0.540. The fourth-order valence-electron chi connectivity index (χ4n) is 4.20. The molecule has 140 valence electrons. The van der Waals surface area contributed by atoms with Crippen LogP contribution in [0.2, 0.25) is 0 Å². The fourth-order valence-corrected chi connectivity index (χ4v) is 4.20. The van der Waals surface area contributed by atoms with Crippen LogP contribution in [0.5, 0.6) is 0 Å². The molecule has 0 spiro atoms. The fraction of sp³-hybridized carbons (Fsp3) is 0.619. The van der Waals surface area contributed by atoms with E-state index in [9.17, 15) is 0 Å². The molecule has 0 atom stereocenters. The molecule has 0 unspecified atom stereocenters. The summed E-state index contributed by atoms with van der Waals surface area (Å²) in [5.74, 6) is 1.63. The molecule has 2 aromatic heterocycles. The minimum Gasteiger partial charge on any atom is -0.444 e.